The van der Waals surface area contributed by atoms with Crippen molar-refractivity contribution in [2.24, 2.45) is 0 Å². The van der Waals surface area contributed by atoms with Crippen LogP contribution in [0, 0.1) is 0 Å². The van der Waals surface area contributed by atoms with Crippen molar-refractivity contribution in [3.63, 3.8) is 0 Å². The molecule has 0 amide bonds. The molecule has 96 valence electrons. The summed E-state index contributed by atoms with van der Waals surface area (Å²) in [5.74, 6) is 0. The van der Waals surface area contributed by atoms with Gasteiger partial charge in [-0.25, -0.2) is 0 Å². The zero-order chi connectivity index (χ0) is 11.9. The van der Waals surface area contributed by atoms with Gasteiger partial charge in [0.25, 0.3) is 0 Å². The average molecular weight is 246 g/mol. The molecule has 2 radical (unpaired) electrons. The van der Waals surface area contributed by atoms with Crippen LogP contribution >= 0.6 is 0 Å². The van der Waals surface area contributed by atoms with E-state index in [1.54, 1.807) is 0 Å². The molecule has 0 aliphatic heterocycles. The maximum atomic E-state index is 5.46. The standard InChI is InChI=1S/C12H26O3Si/c1-3-4-5-6-7-8-13-9-10-14-11-12-15-16-2/h3-12H2,1-2H3. The minimum atomic E-state index is 0.558. The fourth-order valence-electron chi connectivity index (χ4n) is 1.33. The first-order valence-corrected chi connectivity index (χ1v) is 7.76. The molecule has 0 bridgehead atoms. The van der Waals surface area contributed by atoms with Crippen molar-refractivity contribution in [2.75, 3.05) is 33.0 Å². The fourth-order valence-corrected chi connectivity index (χ4v) is 1.62. The van der Waals surface area contributed by atoms with Crippen LogP contribution in [0.15, 0.2) is 0 Å². The lowest BCUT2D eigenvalue weighted by Crippen LogP contribution is -2.10. The molecule has 0 aromatic rings. The lowest BCUT2D eigenvalue weighted by atomic mass is 10.2. The summed E-state index contributed by atoms with van der Waals surface area (Å²) in [5, 5.41) is 0. The van der Waals surface area contributed by atoms with E-state index >= 15 is 0 Å². The molecule has 0 aliphatic carbocycles. The molecule has 0 saturated carbocycles. The largest absolute Gasteiger partial charge is 0.415 e. The van der Waals surface area contributed by atoms with E-state index in [-0.39, 0.29) is 0 Å². The highest BCUT2D eigenvalue weighted by Crippen LogP contribution is 2.02. The number of hydrogen-bond donors (Lipinski definition) is 0. The molecule has 0 spiro atoms. The molecule has 3 nitrogen and oxygen atoms in total. The number of rotatable bonds is 13. The second-order valence-corrected chi connectivity index (χ2v) is 4.39. The predicted octanol–water partition coefficient (Wildman–Crippen LogP) is 2.67. The summed E-state index contributed by atoms with van der Waals surface area (Å²) in [4.78, 5) is 0. The third-order valence-corrected chi connectivity index (χ3v) is 2.73. The van der Waals surface area contributed by atoms with Crippen LogP contribution in [0.4, 0.5) is 0 Å². The first kappa shape index (κ1) is 16.1. The van der Waals surface area contributed by atoms with Crippen molar-refractivity contribution < 1.29 is 13.9 Å². The van der Waals surface area contributed by atoms with E-state index in [4.69, 9.17) is 13.9 Å². The van der Waals surface area contributed by atoms with Gasteiger partial charge in [0.1, 0.15) is 0 Å². The third-order valence-electron chi connectivity index (χ3n) is 2.24. The van der Waals surface area contributed by atoms with Crippen LogP contribution in [0.2, 0.25) is 6.55 Å². The number of unbranched alkanes of at least 4 members (excludes halogenated alkanes) is 4. The van der Waals surface area contributed by atoms with E-state index in [1.165, 1.54) is 32.1 Å². The molecule has 0 atom stereocenters. The minimum Gasteiger partial charge on any atom is -0.415 e. The van der Waals surface area contributed by atoms with E-state index in [2.05, 4.69) is 6.92 Å². The molecular formula is C12H26O3Si. The highest BCUT2D eigenvalue weighted by molar-refractivity contribution is 6.24. The van der Waals surface area contributed by atoms with Crippen LogP contribution in [-0.2, 0) is 13.9 Å². The topological polar surface area (TPSA) is 27.7 Å². The Hall–Kier alpha value is 0.0969. The van der Waals surface area contributed by atoms with E-state index in [9.17, 15) is 0 Å². The Kier molecular flexibility index (Phi) is 15.2. The molecule has 0 aliphatic rings. The molecule has 4 heteroatoms. The van der Waals surface area contributed by atoms with Crippen LogP contribution in [0.25, 0.3) is 0 Å². The Morgan fingerprint density at radius 1 is 0.750 bits per heavy atom. The van der Waals surface area contributed by atoms with Crippen LogP contribution in [0.3, 0.4) is 0 Å². The number of ether oxygens (including phenoxy) is 2. The zero-order valence-electron chi connectivity index (χ0n) is 10.8. The van der Waals surface area contributed by atoms with Gasteiger partial charge in [0.15, 0.2) is 0 Å². The zero-order valence-corrected chi connectivity index (χ0v) is 11.8. The Bertz CT molecular complexity index is 109. The summed E-state index contributed by atoms with van der Waals surface area (Å²) in [7, 11) is 0.558. The maximum Gasteiger partial charge on any atom is 0.226 e. The summed E-state index contributed by atoms with van der Waals surface area (Å²) in [6.45, 7) is 7.90. The van der Waals surface area contributed by atoms with Crippen molar-refractivity contribution in [3.8, 4) is 0 Å². The number of hydrogen-bond acceptors (Lipinski definition) is 3. The fraction of sp³-hybridized carbons (Fsp3) is 1.00. The van der Waals surface area contributed by atoms with E-state index in [1.807, 2.05) is 6.55 Å². The SMILES string of the molecule is CCCCCCCOCCOCCO[Si]C. The van der Waals surface area contributed by atoms with Crippen molar-refractivity contribution in [2.45, 2.75) is 45.6 Å². The first-order valence-electron chi connectivity index (χ1n) is 6.35. The highest BCUT2D eigenvalue weighted by Gasteiger charge is 1.92. The van der Waals surface area contributed by atoms with Crippen LogP contribution < -0.4 is 0 Å². The Balaban J connectivity index is 2.83. The Labute approximate surface area is 103 Å². The highest BCUT2D eigenvalue weighted by atomic mass is 28.2. The van der Waals surface area contributed by atoms with Gasteiger partial charge >= 0.3 is 0 Å². The monoisotopic (exact) mass is 246 g/mol. The Morgan fingerprint density at radius 3 is 2.06 bits per heavy atom. The van der Waals surface area contributed by atoms with Gasteiger partial charge in [-0.05, 0) is 13.0 Å². The molecule has 0 N–H and O–H groups in total. The van der Waals surface area contributed by atoms with Crippen molar-refractivity contribution >= 4 is 9.76 Å². The first-order chi connectivity index (χ1) is 7.91. The van der Waals surface area contributed by atoms with Gasteiger partial charge in [-0.3, -0.25) is 0 Å². The minimum absolute atomic E-state index is 0.558. The molecule has 0 saturated heterocycles. The maximum absolute atomic E-state index is 5.46. The van der Waals surface area contributed by atoms with Gasteiger partial charge in [-0.1, -0.05) is 32.6 Å². The van der Waals surface area contributed by atoms with Gasteiger partial charge in [-0.2, -0.15) is 0 Å². The summed E-state index contributed by atoms with van der Waals surface area (Å²) in [6, 6.07) is 0. The second kappa shape index (κ2) is 15.1. The summed E-state index contributed by atoms with van der Waals surface area (Å²) >= 11 is 0. The van der Waals surface area contributed by atoms with Gasteiger partial charge in [0.2, 0.25) is 9.76 Å². The molecular weight excluding hydrogens is 220 g/mol. The molecule has 0 heterocycles. The summed E-state index contributed by atoms with van der Waals surface area (Å²) in [5.41, 5.74) is 0. The quantitative estimate of drug-likeness (QED) is 0.369. The lowest BCUT2D eigenvalue weighted by molar-refractivity contribution is 0.0357. The molecule has 16 heavy (non-hydrogen) atoms. The predicted molar refractivity (Wildman–Crippen MR) is 68.0 cm³/mol. The van der Waals surface area contributed by atoms with Gasteiger partial charge in [0.05, 0.1) is 26.4 Å². The van der Waals surface area contributed by atoms with Gasteiger partial charge in [-0.15, -0.1) is 0 Å². The van der Waals surface area contributed by atoms with E-state index in [0.717, 1.165) is 6.61 Å². The van der Waals surface area contributed by atoms with Gasteiger partial charge < -0.3 is 13.9 Å². The molecule has 0 rings (SSSR count). The summed E-state index contributed by atoms with van der Waals surface area (Å²) < 4.78 is 16.0. The van der Waals surface area contributed by atoms with Crippen molar-refractivity contribution in [3.05, 3.63) is 0 Å². The van der Waals surface area contributed by atoms with E-state index < -0.39 is 0 Å². The normalized spacial score (nSPS) is 10.9. The molecule has 0 aromatic heterocycles. The van der Waals surface area contributed by atoms with Crippen LogP contribution in [0.5, 0.6) is 0 Å². The van der Waals surface area contributed by atoms with Crippen LogP contribution in [-0.4, -0.2) is 42.8 Å². The smallest absolute Gasteiger partial charge is 0.226 e. The third kappa shape index (κ3) is 14.1. The molecule has 0 aromatic carbocycles. The second-order valence-electron chi connectivity index (χ2n) is 3.69. The van der Waals surface area contributed by atoms with Gasteiger partial charge in [0, 0.05) is 6.61 Å². The summed E-state index contributed by atoms with van der Waals surface area (Å²) in [6.07, 6.45) is 6.46. The van der Waals surface area contributed by atoms with Crippen molar-refractivity contribution in [1.82, 2.24) is 0 Å². The van der Waals surface area contributed by atoms with E-state index in [0.29, 0.717) is 36.2 Å². The Morgan fingerprint density at radius 2 is 1.38 bits per heavy atom. The molecule has 0 fully saturated rings. The lowest BCUT2D eigenvalue weighted by Gasteiger charge is -2.05. The average Bonchev–Trinajstić information content (AvgIpc) is 2.31. The van der Waals surface area contributed by atoms with Crippen LogP contribution in [0.1, 0.15) is 39.0 Å². The van der Waals surface area contributed by atoms with Crippen molar-refractivity contribution in [1.29, 1.82) is 0 Å². The molecule has 0 unspecified atom stereocenters.